The minimum Gasteiger partial charge on any atom is -0.493 e. The topological polar surface area (TPSA) is 28.3 Å². The monoisotopic (exact) mass is 272 g/mol. The largest absolute Gasteiger partial charge is 0.493 e. The van der Waals surface area contributed by atoms with E-state index in [1.54, 1.807) is 0 Å². The smallest absolute Gasteiger partial charge is 0.132 e. The van der Waals surface area contributed by atoms with Crippen molar-refractivity contribution >= 4 is 10.9 Å². The molecule has 3 rings (SSSR count). The Kier molecular flexibility index (Phi) is 3.70. The van der Waals surface area contributed by atoms with E-state index in [9.17, 15) is 0 Å². The molecule has 0 saturated heterocycles. The highest BCUT2D eigenvalue weighted by Gasteiger charge is 2.19. The van der Waals surface area contributed by atoms with Crippen LogP contribution in [0, 0.1) is 0 Å². The van der Waals surface area contributed by atoms with Gasteiger partial charge in [0.2, 0.25) is 0 Å². The van der Waals surface area contributed by atoms with E-state index in [4.69, 9.17) is 4.74 Å². The lowest BCUT2D eigenvalue weighted by atomic mass is 9.99. The molecule has 2 aromatic rings. The van der Waals surface area contributed by atoms with E-state index in [1.807, 2.05) is 0 Å². The molecule has 1 unspecified atom stereocenters. The van der Waals surface area contributed by atoms with E-state index in [-0.39, 0.29) is 0 Å². The molecule has 1 N–H and O–H groups in total. The summed E-state index contributed by atoms with van der Waals surface area (Å²) in [5.41, 5.74) is 3.94. The van der Waals surface area contributed by atoms with Crippen molar-refractivity contribution in [3.63, 3.8) is 0 Å². The zero-order chi connectivity index (χ0) is 14.1. The van der Waals surface area contributed by atoms with Crippen molar-refractivity contribution in [2.45, 2.75) is 39.2 Å². The number of H-pyrrole nitrogens is 1. The van der Waals surface area contributed by atoms with Crippen molar-refractivity contribution in [2.24, 2.45) is 0 Å². The van der Waals surface area contributed by atoms with Gasteiger partial charge in [0.1, 0.15) is 5.75 Å². The van der Waals surface area contributed by atoms with E-state index in [0.717, 1.165) is 38.2 Å². The first-order chi connectivity index (χ1) is 9.70. The van der Waals surface area contributed by atoms with Crippen molar-refractivity contribution in [1.82, 2.24) is 9.88 Å². The number of ether oxygens (including phenoxy) is 1. The number of benzene rings is 1. The first kappa shape index (κ1) is 13.5. The Hall–Kier alpha value is -1.48. The van der Waals surface area contributed by atoms with Gasteiger partial charge < -0.3 is 14.6 Å². The molecular formula is C17H24N2O. The van der Waals surface area contributed by atoms with Crippen molar-refractivity contribution < 1.29 is 4.74 Å². The van der Waals surface area contributed by atoms with Gasteiger partial charge in [-0.1, -0.05) is 13.0 Å². The summed E-state index contributed by atoms with van der Waals surface area (Å²) in [6.45, 7) is 6.43. The molecule has 3 nitrogen and oxygen atoms in total. The number of hydrogen-bond donors (Lipinski definition) is 1. The SMILES string of the molecule is CCN(C)C(C)Cc1c[nH]c2ccc3c(c12)OCCC3. The van der Waals surface area contributed by atoms with Crippen molar-refractivity contribution in [1.29, 1.82) is 0 Å². The highest BCUT2D eigenvalue weighted by atomic mass is 16.5. The summed E-state index contributed by atoms with van der Waals surface area (Å²) in [7, 11) is 2.19. The maximum atomic E-state index is 5.97. The van der Waals surface area contributed by atoms with Crippen molar-refractivity contribution in [3.05, 3.63) is 29.5 Å². The number of nitrogens with zero attached hydrogens (tertiary/aromatic N) is 1. The molecule has 0 aliphatic carbocycles. The zero-order valence-corrected chi connectivity index (χ0v) is 12.7. The minimum atomic E-state index is 0.540. The van der Waals surface area contributed by atoms with Gasteiger partial charge in [-0.25, -0.2) is 0 Å². The first-order valence-corrected chi connectivity index (χ1v) is 7.65. The van der Waals surface area contributed by atoms with Crippen molar-refractivity contribution in [3.8, 4) is 5.75 Å². The van der Waals surface area contributed by atoms with E-state index >= 15 is 0 Å². The number of nitrogens with one attached hydrogen (secondary N) is 1. The summed E-state index contributed by atoms with van der Waals surface area (Å²) >= 11 is 0. The van der Waals surface area contributed by atoms with Crippen molar-refractivity contribution in [2.75, 3.05) is 20.2 Å². The van der Waals surface area contributed by atoms with Crippen LogP contribution in [0.15, 0.2) is 18.3 Å². The summed E-state index contributed by atoms with van der Waals surface area (Å²) in [4.78, 5) is 5.79. The summed E-state index contributed by atoms with van der Waals surface area (Å²) in [6.07, 6.45) is 5.49. The fraction of sp³-hybridized carbons (Fsp3) is 0.529. The molecule has 20 heavy (non-hydrogen) atoms. The maximum Gasteiger partial charge on any atom is 0.132 e. The Morgan fingerprint density at radius 2 is 2.25 bits per heavy atom. The van der Waals surface area contributed by atoms with Crippen LogP contribution in [0.4, 0.5) is 0 Å². The zero-order valence-electron chi connectivity index (χ0n) is 12.7. The molecule has 0 fully saturated rings. The lowest BCUT2D eigenvalue weighted by Crippen LogP contribution is -2.30. The third kappa shape index (κ3) is 2.31. The lowest BCUT2D eigenvalue weighted by Gasteiger charge is -2.23. The van der Waals surface area contributed by atoms with E-state index in [1.165, 1.54) is 22.0 Å². The summed E-state index contributed by atoms with van der Waals surface area (Å²) in [6, 6.07) is 4.94. The third-order valence-corrected chi connectivity index (χ3v) is 4.57. The fourth-order valence-corrected chi connectivity index (χ4v) is 3.05. The molecule has 3 heteroatoms. The number of aromatic amines is 1. The molecule has 0 amide bonds. The minimum absolute atomic E-state index is 0.540. The Morgan fingerprint density at radius 3 is 3.05 bits per heavy atom. The van der Waals surface area contributed by atoms with Gasteiger partial charge in [0.25, 0.3) is 0 Å². The van der Waals surface area contributed by atoms with Gasteiger partial charge in [0, 0.05) is 23.1 Å². The second-order valence-electron chi connectivity index (χ2n) is 5.87. The Bertz CT molecular complexity index is 602. The second-order valence-corrected chi connectivity index (χ2v) is 5.87. The average Bonchev–Trinajstić information content (AvgIpc) is 2.89. The standard InChI is InChI=1S/C17H24N2O/c1-4-19(3)12(2)10-14-11-18-15-8-7-13-6-5-9-20-17(13)16(14)15/h7-8,11-12,18H,4-6,9-10H2,1-3H3. The second kappa shape index (κ2) is 5.49. The van der Waals surface area contributed by atoms with E-state index < -0.39 is 0 Å². The van der Waals surface area contributed by atoms with Gasteiger partial charge in [-0.05, 0) is 57.0 Å². The predicted octanol–water partition coefficient (Wildman–Crippen LogP) is 3.38. The van der Waals surface area contributed by atoms with Crippen LogP contribution in [0.3, 0.4) is 0 Å². The van der Waals surface area contributed by atoms with Gasteiger partial charge in [-0.3, -0.25) is 0 Å². The number of rotatable bonds is 4. The molecule has 0 radical (unpaired) electrons. The predicted molar refractivity (Wildman–Crippen MR) is 83.6 cm³/mol. The van der Waals surface area contributed by atoms with Crippen LogP contribution < -0.4 is 4.74 Å². The average molecular weight is 272 g/mol. The van der Waals surface area contributed by atoms with E-state index in [0.29, 0.717) is 6.04 Å². The molecule has 1 aromatic heterocycles. The lowest BCUT2D eigenvalue weighted by molar-refractivity contribution is 0.269. The van der Waals surface area contributed by atoms with E-state index in [2.05, 4.69) is 49.1 Å². The van der Waals surface area contributed by atoms with Gasteiger partial charge in [0.15, 0.2) is 0 Å². The molecule has 2 heterocycles. The highest BCUT2D eigenvalue weighted by molar-refractivity contribution is 5.90. The Morgan fingerprint density at radius 1 is 1.40 bits per heavy atom. The molecule has 1 aliphatic heterocycles. The van der Waals surface area contributed by atoms with Crippen LogP contribution in [-0.2, 0) is 12.8 Å². The number of hydrogen-bond acceptors (Lipinski definition) is 2. The molecular weight excluding hydrogens is 248 g/mol. The van der Waals surface area contributed by atoms with Gasteiger partial charge >= 0.3 is 0 Å². The molecule has 0 spiro atoms. The van der Waals surface area contributed by atoms with Crippen LogP contribution in [0.5, 0.6) is 5.75 Å². The Balaban J connectivity index is 1.99. The maximum absolute atomic E-state index is 5.97. The normalized spacial score (nSPS) is 16.2. The summed E-state index contributed by atoms with van der Waals surface area (Å²) in [5.74, 6) is 1.12. The fourth-order valence-electron chi connectivity index (χ4n) is 3.05. The molecule has 1 aromatic carbocycles. The molecule has 0 bridgehead atoms. The van der Waals surface area contributed by atoms with Gasteiger partial charge in [-0.2, -0.15) is 0 Å². The molecule has 1 atom stereocenters. The quantitative estimate of drug-likeness (QED) is 0.924. The highest BCUT2D eigenvalue weighted by Crippen LogP contribution is 2.36. The molecule has 0 saturated carbocycles. The van der Waals surface area contributed by atoms with Gasteiger partial charge in [0.05, 0.1) is 6.61 Å². The van der Waals surface area contributed by atoms with Gasteiger partial charge in [-0.15, -0.1) is 0 Å². The number of likely N-dealkylation sites (N-methyl/N-ethyl adjacent to an activating group) is 1. The summed E-state index contributed by atoms with van der Waals surface area (Å²) < 4.78 is 5.97. The number of fused-ring (bicyclic) bond motifs is 3. The van der Waals surface area contributed by atoms with Crippen LogP contribution >= 0.6 is 0 Å². The van der Waals surface area contributed by atoms with Crippen LogP contribution in [0.2, 0.25) is 0 Å². The van der Waals surface area contributed by atoms with Crippen LogP contribution in [0.25, 0.3) is 10.9 Å². The van der Waals surface area contributed by atoms with Crippen LogP contribution in [-0.4, -0.2) is 36.1 Å². The molecule has 108 valence electrons. The first-order valence-electron chi connectivity index (χ1n) is 7.65. The third-order valence-electron chi connectivity index (χ3n) is 4.57. The number of aryl methyl sites for hydroxylation is 1. The molecule has 1 aliphatic rings. The summed E-state index contributed by atoms with van der Waals surface area (Å²) in [5, 5.41) is 1.30. The Labute approximate surface area is 120 Å². The number of aromatic nitrogens is 1. The van der Waals surface area contributed by atoms with Crippen LogP contribution in [0.1, 0.15) is 31.4 Å².